The van der Waals surface area contributed by atoms with E-state index in [1.807, 2.05) is 0 Å². The lowest BCUT2D eigenvalue weighted by atomic mass is 9.99. The molecule has 8 nitrogen and oxygen atoms in total. The fourth-order valence-corrected chi connectivity index (χ4v) is 3.78. The predicted molar refractivity (Wildman–Crippen MR) is 97.5 cm³/mol. The zero-order valence-electron chi connectivity index (χ0n) is 14.5. The van der Waals surface area contributed by atoms with Crippen LogP contribution < -0.4 is 9.46 Å². The molecule has 0 atom stereocenters. The molecule has 1 aliphatic heterocycles. The molecule has 0 fully saturated rings. The van der Waals surface area contributed by atoms with E-state index in [9.17, 15) is 18.0 Å². The molecule has 1 aliphatic rings. The number of carboxylic acid groups (broad SMARTS) is 1. The number of ether oxygens (including phenoxy) is 1. The van der Waals surface area contributed by atoms with Gasteiger partial charge in [-0.2, -0.15) is 0 Å². The molecule has 1 heterocycles. The first-order valence-corrected chi connectivity index (χ1v) is 9.60. The van der Waals surface area contributed by atoms with Crippen LogP contribution in [0.3, 0.4) is 0 Å². The van der Waals surface area contributed by atoms with Crippen molar-refractivity contribution in [2.75, 3.05) is 24.9 Å². The first-order chi connectivity index (χ1) is 12.8. The largest absolute Gasteiger partial charge is 0.482 e. The van der Waals surface area contributed by atoms with E-state index in [0.29, 0.717) is 17.8 Å². The van der Waals surface area contributed by atoms with Crippen molar-refractivity contribution in [3.8, 4) is 5.75 Å². The summed E-state index contributed by atoms with van der Waals surface area (Å²) in [7, 11) is -2.16. The molecular weight excluding hydrogens is 372 g/mol. The summed E-state index contributed by atoms with van der Waals surface area (Å²) in [6.07, 6.45) is 0.725. The number of carbonyl (C=O) groups is 2. The Labute approximate surface area is 156 Å². The number of carbonyl (C=O) groups excluding carboxylic acids is 1. The number of hydrogen-bond acceptors (Lipinski definition) is 5. The molecule has 0 aromatic heterocycles. The highest BCUT2D eigenvalue weighted by molar-refractivity contribution is 7.92. The highest BCUT2D eigenvalue weighted by Gasteiger charge is 2.23. The van der Waals surface area contributed by atoms with Gasteiger partial charge >= 0.3 is 5.97 Å². The van der Waals surface area contributed by atoms with Crippen LogP contribution in [0.2, 0.25) is 0 Å². The van der Waals surface area contributed by atoms with Crippen molar-refractivity contribution < 1.29 is 27.9 Å². The van der Waals surface area contributed by atoms with Crippen molar-refractivity contribution in [2.45, 2.75) is 11.3 Å². The number of benzene rings is 2. The Kier molecular flexibility index (Phi) is 5.04. The molecule has 2 aromatic carbocycles. The summed E-state index contributed by atoms with van der Waals surface area (Å²) < 4.78 is 32.5. The summed E-state index contributed by atoms with van der Waals surface area (Å²) in [5.41, 5.74) is 1.67. The zero-order valence-corrected chi connectivity index (χ0v) is 15.3. The van der Waals surface area contributed by atoms with Crippen LogP contribution in [0.15, 0.2) is 47.4 Å². The Bertz CT molecular complexity index is 985. The normalized spacial score (nSPS) is 13.8. The number of fused-ring (bicyclic) bond motifs is 1. The maximum Gasteiger partial charge on any atom is 0.341 e. The highest BCUT2D eigenvalue weighted by Crippen LogP contribution is 2.24. The van der Waals surface area contributed by atoms with Crippen LogP contribution in [0.4, 0.5) is 5.69 Å². The van der Waals surface area contributed by atoms with Gasteiger partial charge in [0.2, 0.25) is 0 Å². The molecule has 0 radical (unpaired) electrons. The molecule has 27 heavy (non-hydrogen) atoms. The number of sulfonamides is 1. The third-order valence-corrected chi connectivity index (χ3v) is 5.55. The molecule has 142 valence electrons. The Hall–Kier alpha value is -3.07. The third kappa shape index (κ3) is 4.20. The van der Waals surface area contributed by atoms with Gasteiger partial charge in [0.1, 0.15) is 5.75 Å². The van der Waals surface area contributed by atoms with Crippen molar-refractivity contribution >= 4 is 27.6 Å². The minimum Gasteiger partial charge on any atom is -0.482 e. The molecule has 1 amide bonds. The number of rotatable bonds is 6. The van der Waals surface area contributed by atoms with E-state index in [0.717, 1.165) is 12.0 Å². The molecule has 2 aromatic rings. The third-order valence-electron chi connectivity index (χ3n) is 4.15. The molecule has 2 N–H and O–H groups in total. The van der Waals surface area contributed by atoms with E-state index in [1.54, 1.807) is 24.1 Å². The van der Waals surface area contributed by atoms with Gasteiger partial charge in [0.15, 0.2) is 6.61 Å². The first kappa shape index (κ1) is 18.7. The van der Waals surface area contributed by atoms with Crippen molar-refractivity contribution in [1.82, 2.24) is 4.90 Å². The average Bonchev–Trinajstić information content (AvgIpc) is 2.63. The number of carboxylic acids is 1. The number of likely N-dealkylation sites (N-methyl/N-ethyl adjacent to an activating group) is 1. The number of amides is 1. The lowest BCUT2D eigenvalue weighted by molar-refractivity contribution is -0.139. The molecule has 3 rings (SSSR count). The topological polar surface area (TPSA) is 113 Å². The standard InChI is InChI=1S/C18H18N2O6S/c1-20-9-8-12-2-3-13(10-16(12)18(20)23)19-27(24,25)15-6-4-14(5-7-15)26-11-17(21)22/h2-7,10,19H,8-9,11H2,1H3,(H,21,22). The minimum atomic E-state index is -3.87. The van der Waals surface area contributed by atoms with Gasteiger partial charge in [-0.3, -0.25) is 9.52 Å². The quantitative estimate of drug-likeness (QED) is 0.774. The Morgan fingerprint density at radius 1 is 1.22 bits per heavy atom. The second-order valence-electron chi connectivity index (χ2n) is 6.11. The first-order valence-electron chi connectivity index (χ1n) is 8.12. The van der Waals surface area contributed by atoms with Crippen molar-refractivity contribution in [1.29, 1.82) is 0 Å². The van der Waals surface area contributed by atoms with Crippen LogP contribution >= 0.6 is 0 Å². The second-order valence-corrected chi connectivity index (χ2v) is 7.79. The van der Waals surface area contributed by atoms with Crippen molar-refractivity contribution in [2.24, 2.45) is 0 Å². The smallest absolute Gasteiger partial charge is 0.341 e. The van der Waals surface area contributed by atoms with Crippen LogP contribution in [0.5, 0.6) is 5.75 Å². The van der Waals surface area contributed by atoms with Crippen LogP contribution in [-0.2, 0) is 21.2 Å². The number of hydrogen-bond donors (Lipinski definition) is 2. The van der Waals surface area contributed by atoms with Crippen molar-refractivity contribution in [3.63, 3.8) is 0 Å². The summed E-state index contributed by atoms with van der Waals surface area (Å²) in [4.78, 5) is 24.3. The van der Waals surface area contributed by atoms with Crippen molar-refractivity contribution in [3.05, 3.63) is 53.6 Å². The summed E-state index contributed by atoms with van der Waals surface area (Å²) in [6, 6.07) is 10.3. The average molecular weight is 390 g/mol. The molecule has 0 unspecified atom stereocenters. The number of nitrogens with zero attached hydrogens (tertiary/aromatic N) is 1. The van der Waals surface area contributed by atoms with Gasteiger partial charge in [0.05, 0.1) is 4.90 Å². The zero-order chi connectivity index (χ0) is 19.6. The molecule has 0 spiro atoms. The Morgan fingerprint density at radius 3 is 2.59 bits per heavy atom. The molecule has 0 aliphatic carbocycles. The second kappa shape index (κ2) is 7.28. The highest BCUT2D eigenvalue weighted by atomic mass is 32.2. The van der Waals surface area contributed by atoms with Crippen LogP contribution in [0, 0.1) is 0 Å². The number of nitrogens with one attached hydrogen (secondary N) is 1. The van der Waals surface area contributed by atoms with Crippen LogP contribution in [0.1, 0.15) is 15.9 Å². The summed E-state index contributed by atoms with van der Waals surface area (Å²) in [5.74, 6) is -1.02. The minimum absolute atomic E-state index is 0.00802. The molecule has 0 bridgehead atoms. The Balaban J connectivity index is 1.78. The SMILES string of the molecule is CN1CCc2ccc(NS(=O)(=O)c3ccc(OCC(=O)O)cc3)cc2C1=O. The van der Waals surface area contributed by atoms with E-state index in [4.69, 9.17) is 9.84 Å². The lowest BCUT2D eigenvalue weighted by Gasteiger charge is -2.25. The molecule has 9 heteroatoms. The van der Waals surface area contributed by atoms with Gasteiger partial charge in [0, 0.05) is 24.8 Å². The lowest BCUT2D eigenvalue weighted by Crippen LogP contribution is -2.34. The molecule has 0 saturated carbocycles. The summed E-state index contributed by atoms with van der Waals surface area (Å²) >= 11 is 0. The van der Waals surface area contributed by atoms with E-state index in [2.05, 4.69) is 4.72 Å². The molecular formula is C18H18N2O6S. The van der Waals surface area contributed by atoms with E-state index >= 15 is 0 Å². The van der Waals surface area contributed by atoms with E-state index in [-0.39, 0.29) is 16.6 Å². The molecule has 0 saturated heterocycles. The fourth-order valence-electron chi connectivity index (χ4n) is 2.73. The van der Waals surface area contributed by atoms with Gasteiger partial charge in [-0.25, -0.2) is 13.2 Å². The van der Waals surface area contributed by atoms with E-state index < -0.39 is 22.6 Å². The maximum absolute atomic E-state index is 12.6. The van der Waals surface area contributed by atoms with Gasteiger partial charge in [-0.15, -0.1) is 0 Å². The van der Waals surface area contributed by atoms with Crippen LogP contribution in [-0.4, -0.2) is 50.5 Å². The van der Waals surface area contributed by atoms with Gasteiger partial charge in [0.25, 0.3) is 15.9 Å². The summed E-state index contributed by atoms with van der Waals surface area (Å²) in [5, 5.41) is 8.58. The van der Waals surface area contributed by atoms with E-state index in [1.165, 1.54) is 30.3 Å². The van der Waals surface area contributed by atoms with Gasteiger partial charge < -0.3 is 14.7 Å². The predicted octanol–water partition coefficient (Wildman–Crippen LogP) is 1.58. The number of anilines is 1. The fraction of sp³-hybridized carbons (Fsp3) is 0.222. The Morgan fingerprint density at radius 2 is 1.93 bits per heavy atom. The van der Waals surface area contributed by atoms with Gasteiger partial charge in [-0.05, 0) is 48.4 Å². The number of aliphatic carboxylic acids is 1. The maximum atomic E-state index is 12.6. The van der Waals surface area contributed by atoms with Crippen LogP contribution in [0.25, 0.3) is 0 Å². The monoisotopic (exact) mass is 390 g/mol. The van der Waals surface area contributed by atoms with Gasteiger partial charge in [-0.1, -0.05) is 6.07 Å². The summed E-state index contributed by atoms with van der Waals surface area (Å²) in [6.45, 7) is 0.120.